The zero-order chi connectivity index (χ0) is 18.8. The topological polar surface area (TPSA) is 52.8 Å². The van der Waals surface area contributed by atoms with Crippen LogP contribution in [0.1, 0.15) is 28.4 Å². The molecule has 0 N–H and O–H groups in total. The monoisotopic (exact) mass is 370 g/mol. The summed E-state index contributed by atoms with van der Waals surface area (Å²) >= 11 is 1.43. The SMILES string of the molecule is CCn1c(=NC(=O)c2ccc(C)c(C)c2)sc2c(OC)ccc(OC)c21. The number of carbonyl (C=O) groups excluding carboxylic acids is 1. The van der Waals surface area contributed by atoms with Crippen LogP contribution < -0.4 is 14.3 Å². The number of ether oxygens (including phenoxy) is 2. The number of aromatic nitrogens is 1. The van der Waals surface area contributed by atoms with Gasteiger partial charge in [0.15, 0.2) is 4.80 Å². The molecule has 0 aliphatic rings. The summed E-state index contributed by atoms with van der Waals surface area (Å²) < 4.78 is 13.9. The number of nitrogens with zero attached hydrogens (tertiary/aromatic N) is 2. The third-order valence-corrected chi connectivity index (χ3v) is 5.55. The van der Waals surface area contributed by atoms with Crippen molar-refractivity contribution >= 4 is 27.5 Å². The van der Waals surface area contributed by atoms with Gasteiger partial charge in [0, 0.05) is 12.1 Å². The van der Waals surface area contributed by atoms with Crippen molar-refractivity contribution in [2.24, 2.45) is 4.99 Å². The van der Waals surface area contributed by atoms with Crippen LogP contribution in [0.4, 0.5) is 0 Å². The van der Waals surface area contributed by atoms with Gasteiger partial charge in [-0.25, -0.2) is 0 Å². The Bertz CT molecular complexity index is 1050. The molecular formula is C20H22N2O3S. The molecule has 0 bridgehead atoms. The molecule has 2 aromatic carbocycles. The van der Waals surface area contributed by atoms with Crippen molar-refractivity contribution in [1.82, 2.24) is 4.57 Å². The molecule has 3 aromatic rings. The van der Waals surface area contributed by atoms with Gasteiger partial charge in [0.2, 0.25) is 0 Å². The van der Waals surface area contributed by atoms with Crippen molar-refractivity contribution in [1.29, 1.82) is 0 Å². The van der Waals surface area contributed by atoms with E-state index in [4.69, 9.17) is 9.47 Å². The van der Waals surface area contributed by atoms with Crippen molar-refractivity contribution in [3.8, 4) is 11.5 Å². The second kappa shape index (κ2) is 7.33. The molecule has 6 heteroatoms. The van der Waals surface area contributed by atoms with Crippen LogP contribution in [0.15, 0.2) is 35.3 Å². The van der Waals surface area contributed by atoms with Gasteiger partial charge in [-0.15, -0.1) is 0 Å². The largest absolute Gasteiger partial charge is 0.495 e. The molecule has 1 heterocycles. The van der Waals surface area contributed by atoms with E-state index in [1.54, 1.807) is 14.2 Å². The number of hydrogen-bond donors (Lipinski definition) is 0. The molecule has 3 rings (SSSR count). The van der Waals surface area contributed by atoms with Gasteiger partial charge >= 0.3 is 0 Å². The molecule has 0 atom stereocenters. The van der Waals surface area contributed by atoms with Gasteiger partial charge in [0.25, 0.3) is 5.91 Å². The minimum absolute atomic E-state index is 0.250. The van der Waals surface area contributed by atoms with Crippen molar-refractivity contribution in [2.45, 2.75) is 27.3 Å². The summed E-state index contributed by atoms with van der Waals surface area (Å²) in [5.74, 6) is 1.23. The van der Waals surface area contributed by atoms with E-state index in [-0.39, 0.29) is 5.91 Å². The predicted octanol–water partition coefficient (Wildman–Crippen LogP) is 4.10. The fourth-order valence-corrected chi connectivity index (χ4v) is 4.06. The predicted molar refractivity (Wildman–Crippen MR) is 104 cm³/mol. The van der Waals surface area contributed by atoms with E-state index in [2.05, 4.69) is 4.99 Å². The summed E-state index contributed by atoms with van der Waals surface area (Å²) in [6, 6.07) is 9.38. The number of fused-ring (bicyclic) bond motifs is 1. The van der Waals surface area contributed by atoms with Crippen molar-refractivity contribution in [3.63, 3.8) is 0 Å². The van der Waals surface area contributed by atoms with Crippen LogP contribution >= 0.6 is 11.3 Å². The summed E-state index contributed by atoms with van der Waals surface area (Å²) in [6.07, 6.45) is 0. The molecule has 0 aliphatic carbocycles. The van der Waals surface area contributed by atoms with E-state index < -0.39 is 0 Å². The zero-order valence-corrected chi connectivity index (χ0v) is 16.4. The highest BCUT2D eigenvalue weighted by molar-refractivity contribution is 7.16. The van der Waals surface area contributed by atoms with Crippen LogP contribution in [0.5, 0.6) is 11.5 Å². The van der Waals surface area contributed by atoms with E-state index in [9.17, 15) is 4.79 Å². The van der Waals surface area contributed by atoms with Crippen molar-refractivity contribution in [3.05, 3.63) is 51.8 Å². The molecule has 1 amide bonds. The summed E-state index contributed by atoms with van der Waals surface area (Å²) in [7, 11) is 3.27. The third kappa shape index (κ3) is 3.12. The maximum atomic E-state index is 12.7. The Hall–Kier alpha value is -2.60. The average Bonchev–Trinajstić information content (AvgIpc) is 3.01. The number of carbonyl (C=O) groups is 1. The average molecular weight is 370 g/mol. The number of benzene rings is 2. The van der Waals surface area contributed by atoms with E-state index in [0.29, 0.717) is 16.9 Å². The Morgan fingerprint density at radius 2 is 1.77 bits per heavy atom. The number of thiazole rings is 1. The van der Waals surface area contributed by atoms with Gasteiger partial charge in [-0.05, 0) is 56.2 Å². The first-order valence-electron chi connectivity index (χ1n) is 8.40. The van der Waals surface area contributed by atoms with Gasteiger partial charge in [0.05, 0.1) is 14.2 Å². The number of methoxy groups -OCH3 is 2. The summed E-state index contributed by atoms with van der Waals surface area (Å²) in [5.41, 5.74) is 3.72. The Morgan fingerprint density at radius 3 is 2.38 bits per heavy atom. The molecular weight excluding hydrogens is 348 g/mol. The van der Waals surface area contributed by atoms with Crippen LogP contribution in [-0.2, 0) is 6.54 Å². The lowest BCUT2D eigenvalue weighted by atomic mass is 10.1. The van der Waals surface area contributed by atoms with Gasteiger partial charge in [-0.2, -0.15) is 4.99 Å². The molecule has 0 spiro atoms. The first-order valence-corrected chi connectivity index (χ1v) is 9.22. The minimum atomic E-state index is -0.250. The Kier molecular flexibility index (Phi) is 5.13. The number of rotatable bonds is 4. The lowest BCUT2D eigenvalue weighted by Gasteiger charge is -2.08. The van der Waals surface area contributed by atoms with Gasteiger partial charge in [-0.1, -0.05) is 17.4 Å². The van der Waals surface area contributed by atoms with Gasteiger partial charge < -0.3 is 14.0 Å². The van der Waals surface area contributed by atoms with Crippen LogP contribution in [0.25, 0.3) is 10.2 Å². The van der Waals surface area contributed by atoms with Crippen LogP contribution in [-0.4, -0.2) is 24.7 Å². The van der Waals surface area contributed by atoms with E-state index in [1.807, 2.05) is 55.7 Å². The summed E-state index contributed by atoms with van der Waals surface area (Å²) in [6.45, 7) is 6.71. The molecule has 26 heavy (non-hydrogen) atoms. The van der Waals surface area contributed by atoms with Crippen LogP contribution in [0.2, 0.25) is 0 Å². The third-order valence-electron chi connectivity index (χ3n) is 4.46. The van der Waals surface area contributed by atoms with E-state index in [1.165, 1.54) is 11.3 Å². The number of amides is 1. The molecule has 0 unspecified atom stereocenters. The standard InChI is InChI=1S/C20H22N2O3S/c1-6-22-17-15(24-4)9-10-16(25-5)18(17)26-20(22)21-19(23)14-8-7-12(2)13(3)11-14/h7-11H,6H2,1-5H3. The molecule has 0 radical (unpaired) electrons. The lowest BCUT2D eigenvalue weighted by molar-refractivity contribution is 0.0997. The zero-order valence-electron chi connectivity index (χ0n) is 15.6. The maximum absolute atomic E-state index is 12.7. The second-order valence-electron chi connectivity index (χ2n) is 5.99. The Labute approximate surface area is 156 Å². The summed E-state index contributed by atoms with van der Waals surface area (Å²) in [5, 5.41) is 0. The first-order chi connectivity index (χ1) is 12.5. The maximum Gasteiger partial charge on any atom is 0.279 e. The Balaban J connectivity index is 2.22. The normalized spacial score (nSPS) is 11.8. The summed E-state index contributed by atoms with van der Waals surface area (Å²) in [4.78, 5) is 17.7. The van der Waals surface area contributed by atoms with Crippen molar-refractivity contribution in [2.75, 3.05) is 14.2 Å². The quantitative estimate of drug-likeness (QED) is 0.695. The van der Waals surface area contributed by atoms with Crippen LogP contribution in [0, 0.1) is 13.8 Å². The Morgan fingerprint density at radius 1 is 1.08 bits per heavy atom. The smallest absolute Gasteiger partial charge is 0.279 e. The number of aryl methyl sites for hydroxylation is 3. The van der Waals surface area contributed by atoms with E-state index in [0.717, 1.165) is 32.8 Å². The molecule has 1 aromatic heterocycles. The van der Waals surface area contributed by atoms with Crippen molar-refractivity contribution < 1.29 is 14.3 Å². The molecule has 0 fully saturated rings. The molecule has 0 saturated heterocycles. The lowest BCUT2D eigenvalue weighted by Crippen LogP contribution is -2.16. The van der Waals surface area contributed by atoms with E-state index >= 15 is 0 Å². The van der Waals surface area contributed by atoms with Gasteiger partial charge in [-0.3, -0.25) is 4.79 Å². The fourth-order valence-electron chi connectivity index (χ4n) is 2.86. The first kappa shape index (κ1) is 18.2. The highest BCUT2D eigenvalue weighted by Crippen LogP contribution is 2.35. The molecule has 136 valence electrons. The molecule has 0 saturated carbocycles. The van der Waals surface area contributed by atoms with Crippen LogP contribution in [0.3, 0.4) is 0 Å². The highest BCUT2D eigenvalue weighted by Gasteiger charge is 2.16. The second-order valence-corrected chi connectivity index (χ2v) is 6.97. The minimum Gasteiger partial charge on any atom is -0.495 e. The number of hydrogen-bond acceptors (Lipinski definition) is 4. The molecule has 0 aliphatic heterocycles. The highest BCUT2D eigenvalue weighted by atomic mass is 32.1. The molecule has 5 nitrogen and oxygen atoms in total. The van der Waals surface area contributed by atoms with Gasteiger partial charge in [0.1, 0.15) is 21.7 Å². The fraction of sp³-hybridized carbons (Fsp3) is 0.300.